The van der Waals surface area contributed by atoms with Crippen LogP contribution in [0.4, 0.5) is 0 Å². The average molecular weight is 345 g/mol. The fourth-order valence-corrected chi connectivity index (χ4v) is 2.80. The van der Waals surface area contributed by atoms with E-state index in [1.54, 1.807) is 13.8 Å². The van der Waals surface area contributed by atoms with Crippen molar-refractivity contribution in [1.82, 2.24) is 4.72 Å². The van der Waals surface area contributed by atoms with E-state index in [2.05, 4.69) is 0 Å². The quantitative estimate of drug-likeness (QED) is 0.733. The molecule has 130 valence electrons. The average Bonchev–Trinajstić information content (AvgIpc) is 2.48. The van der Waals surface area contributed by atoms with Crippen molar-refractivity contribution in [2.24, 2.45) is 0 Å². The minimum Gasteiger partial charge on any atom is -0.490 e. The molecular weight excluding hydrogens is 322 g/mol. The predicted molar refractivity (Wildman–Crippen MR) is 85.2 cm³/mol. The van der Waals surface area contributed by atoms with Gasteiger partial charge in [-0.1, -0.05) is 0 Å². The molecule has 1 N–H and O–H groups in total. The Morgan fingerprint density at radius 2 is 1.78 bits per heavy atom. The summed E-state index contributed by atoms with van der Waals surface area (Å²) in [6, 6.07) is 4.21. The molecule has 0 aromatic heterocycles. The second kappa shape index (κ2) is 8.73. The zero-order valence-electron chi connectivity index (χ0n) is 13.8. The van der Waals surface area contributed by atoms with E-state index in [0.717, 1.165) is 0 Å². The number of hydrogen-bond donors (Lipinski definition) is 1. The first-order valence-corrected chi connectivity index (χ1v) is 8.80. The van der Waals surface area contributed by atoms with E-state index in [1.165, 1.54) is 25.3 Å². The van der Waals surface area contributed by atoms with E-state index < -0.39 is 15.9 Å². The molecule has 0 saturated carbocycles. The number of nitrogens with one attached hydrogen (secondary N) is 1. The molecule has 8 heteroatoms. The van der Waals surface area contributed by atoms with Crippen LogP contribution < -0.4 is 14.2 Å². The lowest BCUT2D eigenvalue weighted by Gasteiger charge is -2.14. The van der Waals surface area contributed by atoms with Crippen molar-refractivity contribution in [3.63, 3.8) is 0 Å². The molecule has 1 rings (SSSR count). The van der Waals surface area contributed by atoms with E-state index in [1.807, 2.05) is 11.6 Å². The van der Waals surface area contributed by atoms with Crippen molar-refractivity contribution in [3.05, 3.63) is 18.2 Å². The normalized spacial score (nSPS) is 12.5. The van der Waals surface area contributed by atoms with Crippen LogP contribution in [-0.4, -0.2) is 40.8 Å². The SMILES string of the molecule is CCOc1ccc(S(=O)(=O)NC(=O)C[C@H](C)OC)cc1OCC. The lowest BCUT2D eigenvalue weighted by atomic mass is 10.3. The lowest BCUT2D eigenvalue weighted by molar-refractivity contribution is -0.121. The molecule has 0 heterocycles. The molecule has 0 aliphatic heterocycles. The van der Waals surface area contributed by atoms with Crippen LogP contribution in [0.2, 0.25) is 0 Å². The smallest absolute Gasteiger partial charge is 0.264 e. The van der Waals surface area contributed by atoms with Crippen LogP contribution >= 0.6 is 0 Å². The summed E-state index contributed by atoms with van der Waals surface area (Å²) in [5, 5.41) is 0. The number of amides is 1. The van der Waals surface area contributed by atoms with Crippen LogP contribution in [0.15, 0.2) is 23.1 Å². The molecule has 23 heavy (non-hydrogen) atoms. The number of carbonyl (C=O) groups excluding carboxylic acids is 1. The molecule has 1 amide bonds. The number of methoxy groups -OCH3 is 1. The third kappa shape index (κ3) is 5.72. The first-order valence-electron chi connectivity index (χ1n) is 7.32. The molecule has 1 aromatic rings. The molecular formula is C15H23NO6S. The highest BCUT2D eigenvalue weighted by Crippen LogP contribution is 2.30. The molecule has 1 aromatic carbocycles. The fraction of sp³-hybridized carbons (Fsp3) is 0.533. The minimum absolute atomic E-state index is 0.0505. The van der Waals surface area contributed by atoms with Gasteiger partial charge >= 0.3 is 0 Å². The van der Waals surface area contributed by atoms with Crippen molar-refractivity contribution in [1.29, 1.82) is 0 Å². The maximum absolute atomic E-state index is 12.3. The van der Waals surface area contributed by atoms with E-state index in [0.29, 0.717) is 24.7 Å². The molecule has 0 saturated heterocycles. The maximum atomic E-state index is 12.3. The fourth-order valence-electron chi connectivity index (χ4n) is 1.79. The van der Waals surface area contributed by atoms with Crippen LogP contribution in [-0.2, 0) is 19.6 Å². The monoisotopic (exact) mass is 345 g/mol. The van der Waals surface area contributed by atoms with E-state index in [9.17, 15) is 13.2 Å². The third-order valence-corrected chi connectivity index (χ3v) is 4.32. The highest BCUT2D eigenvalue weighted by molar-refractivity contribution is 7.90. The topological polar surface area (TPSA) is 90.9 Å². The molecule has 0 unspecified atom stereocenters. The van der Waals surface area contributed by atoms with Crippen LogP contribution in [0.1, 0.15) is 27.2 Å². The summed E-state index contributed by atoms with van der Waals surface area (Å²) in [4.78, 5) is 11.7. The van der Waals surface area contributed by atoms with Crippen molar-refractivity contribution < 1.29 is 27.4 Å². The first-order chi connectivity index (χ1) is 10.8. The lowest BCUT2D eigenvalue weighted by Crippen LogP contribution is -2.32. The van der Waals surface area contributed by atoms with Crippen LogP contribution in [0.5, 0.6) is 11.5 Å². The molecule has 0 aliphatic carbocycles. The summed E-state index contributed by atoms with van der Waals surface area (Å²) in [5.41, 5.74) is 0. The Morgan fingerprint density at radius 1 is 1.17 bits per heavy atom. The van der Waals surface area contributed by atoms with E-state index in [4.69, 9.17) is 14.2 Å². The van der Waals surface area contributed by atoms with Crippen molar-refractivity contribution in [3.8, 4) is 11.5 Å². The van der Waals surface area contributed by atoms with Gasteiger partial charge in [0.1, 0.15) is 0 Å². The van der Waals surface area contributed by atoms with Crippen LogP contribution in [0.25, 0.3) is 0 Å². The number of carbonyl (C=O) groups is 1. The van der Waals surface area contributed by atoms with Gasteiger partial charge in [-0.25, -0.2) is 13.1 Å². The molecule has 0 aliphatic rings. The molecule has 0 bridgehead atoms. The summed E-state index contributed by atoms with van der Waals surface area (Å²) < 4.78 is 42.3. The number of sulfonamides is 1. The largest absolute Gasteiger partial charge is 0.490 e. The number of rotatable bonds is 9. The maximum Gasteiger partial charge on any atom is 0.264 e. The van der Waals surface area contributed by atoms with Crippen LogP contribution in [0, 0.1) is 0 Å². The van der Waals surface area contributed by atoms with Gasteiger partial charge < -0.3 is 14.2 Å². The standard InChI is InChI=1S/C15H23NO6S/c1-5-21-13-8-7-12(10-14(13)22-6-2)23(18,19)16-15(17)9-11(3)20-4/h7-8,10-11H,5-6,9H2,1-4H3,(H,16,17)/t11-/m0/s1. The Labute approximate surface area is 137 Å². The predicted octanol–water partition coefficient (Wildman–Crippen LogP) is 1.71. The highest BCUT2D eigenvalue weighted by atomic mass is 32.2. The molecule has 0 fully saturated rings. The second-order valence-electron chi connectivity index (χ2n) is 4.75. The Balaban J connectivity index is 2.99. The van der Waals surface area contributed by atoms with Gasteiger partial charge in [-0.2, -0.15) is 0 Å². The van der Waals surface area contributed by atoms with E-state index >= 15 is 0 Å². The zero-order chi connectivity index (χ0) is 17.5. The Morgan fingerprint density at radius 3 is 2.35 bits per heavy atom. The first kappa shape index (κ1) is 19.2. The van der Waals surface area contributed by atoms with Crippen molar-refractivity contribution in [2.45, 2.75) is 38.2 Å². The molecule has 7 nitrogen and oxygen atoms in total. The molecule has 1 atom stereocenters. The summed E-state index contributed by atoms with van der Waals surface area (Å²) >= 11 is 0. The van der Waals surface area contributed by atoms with Gasteiger partial charge in [0.2, 0.25) is 5.91 Å². The van der Waals surface area contributed by atoms with Crippen molar-refractivity contribution in [2.75, 3.05) is 20.3 Å². The number of ether oxygens (including phenoxy) is 3. The highest BCUT2D eigenvalue weighted by Gasteiger charge is 2.21. The summed E-state index contributed by atoms with van der Waals surface area (Å²) in [6.45, 7) is 6.07. The van der Waals surface area contributed by atoms with E-state index in [-0.39, 0.29) is 17.4 Å². The Bertz CT molecular complexity index is 629. The Hall–Kier alpha value is -1.80. The van der Waals surface area contributed by atoms with Gasteiger partial charge in [-0.05, 0) is 32.9 Å². The molecule has 0 spiro atoms. The van der Waals surface area contributed by atoms with Gasteiger partial charge in [0.25, 0.3) is 10.0 Å². The van der Waals surface area contributed by atoms with Gasteiger partial charge in [-0.15, -0.1) is 0 Å². The Kier molecular flexibility index (Phi) is 7.31. The van der Waals surface area contributed by atoms with Gasteiger partial charge in [-0.3, -0.25) is 4.79 Å². The summed E-state index contributed by atoms with van der Waals surface area (Å²) in [5.74, 6) is 0.133. The second-order valence-corrected chi connectivity index (χ2v) is 6.44. The van der Waals surface area contributed by atoms with Gasteiger partial charge in [0, 0.05) is 13.2 Å². The zero-order valence-corrected chi connectivity index (χ0v) is 14.6. The number of benzene rings is 1. The number of hydrogen-bond acceptors (Lipinski definition) is 6. The van der Waals surface area contributed by atoms with Crippen molar-refractivity contribution >= 4 is 15.9 Å². The third-order valence-electron chi connectivity index (χ3n) is 2.95. The van der Waals surface area contributed by atoms with Gasteiger partial charge in [0.15, 0.2) is 11.5 Å². The molecule has 0 radical (unpaired) electrons. The summed E-state index contributed by atoms with van der Waals surface area (Å²) in [6.07, 6.45) is -0.421. The minimum atomic E-state index is -3.98. The van der Waals surface area contributed by atoms with Crippen LogP contribution in [0.3, 0.4) is 0 Å². The van der Waals surface area contributed by atoms with Gasteiger partial charge in [0.05, 0.1) is 30.6 Å². The summed E-state index contributed by atoms with van der Waals surface area (Å²) in [7, 11) is -2.52.